The van der Waals surface area contributed by atoms with Crippen LogP contribution in [0, 0.1) is 6.92 Å². The Balaban J connectivity index is 1.82. The summed E-state index contributed by atoms with van der Waals surface area (Å²) in [4.78, 5) is 7.13. The van der Waals surface area contributed by atoms with Crippen molar-refractivity contribution in [2.45, 2.75) is 13.8 Å². The Hall–Kier alpha value is -1.95. The predicted octanol–water partition coefficient (Wildman–Crippen LogP) is 3.82. The predicted molar refractivity (Wildman–Crippen MR) is 119 cm³/mol. The van der Waals surface area contributed by atoms with E-state index in [0.29, 0.717) is 0 Å². The van der Waals surface area contributed by atoms with Crippen molar-refractivity contribution >= 4 is 23.5 Å². The smallest absolute Gasteiger partial charge is 0.158 e. The average molecular weight is 400 g/mol. The van der Waals surface area contributed by atoms with Gasteiger partial charge in [-0.2, -0.15) is 0 Å². The van der Waals surface area contributed by atoms with Gasteiger partial charge in [0.25, 0.3) is 0 Å². The molecule has 0 amide bonds. The van der Waals surface area contributed by atoms with Crippen molar-refractivity contribution in [2.75, 3.05) is 58.3 Å². The van der Waals surface area contributed by atoms with Gasteiger partial charge in [0.05, 0.1) is 5.69 Å². The summed E-state index contributed by atoms with van der Waals surface area (Å²) in [7, 11) is 4.25. The molecule has 0 saturated carbocycles. The molecule has 0 N–H and O–H groups in total. The van der Waals surface area contributed by atoms with Crippen LogP contribution in [0.4, 0.5) is 5.82 Å². The van der Waals surface area contributed by atoms with E-state index in [2.05, 4.69) is 58.1 Å². The van der Waals surface area contributed by atoms with Gasteiger partial charge in [0.15, 0.2) is 5.82 Å². The van der Waals surface area contributed by atoms with E-state index in [1.807, 2.05) is 31.2 Å². The van der Waals surface area contributed by atoms with Crippen LogP contribution in [0.2, 0.25) is 5.02 Å². The highest BCUT2D eigenvalue weighted by Gasteiger charge is 2.22. The van der Waals surface area contributed by atoms with Crippen molar-refractivity contribution in [1.82, 2.24) is 20.0 Å². The molecule has 6 heteroatoms. The van der Waals surface area contributed by atoms with E-state index in [9.17, 15) is 0 Å². The molecule has 1 aromatic carbocycles. The highest BCUT2D eigenvalue weighted by Crippen LogP contribution is 2.30. The highest BCUT2D eigenvalue weighted by atomic mass is 35.5. The summed E-state index contributed by atoms with van der Waals surface area (Å²) in [5.74, 6) is 0.987. The zero-order valence-corrected chi connectivity index (χ0v) is 18.1. The van der Waals surface area contributed by atoms with Crippen LogP contribution in [0.15, 0.2) is 30.3 Å². The number of rotatable bonds is 6. The maximum Gasteiger partial charge on any atom is 0.158 e. The summed E-state index contributed by atoms with van der Waals surface area (Å²) in [5, 5.41) is 9.96. The third-order valence-corrected chi connectivity index (χ3v) is 5.48. The lowest BCUT2D eigenvalue weighted by Gasteiger charge is -2.36. The van der Waals surface area contributed by atoms with Gasteiger partial charge in [0, 0.05) is 55.4 Å². The Morgan fingerprint density at radius 1 is 1.07 bits per heavy atom. The van der Waals surface area contributed by atoms with Crippen LogP contribution in [-0.4, -0.2) is 73.4 Å². The van der Waals surface area contributed by atoms with Crippen LogP contribution in [-0.2, 0) is 0 Å². The van der Waals surface area contributed by atoms with Gasteiger partial charge in [-0.3, -0.25) is 4.90 Å². The highest BCUT2D eigenvalue weighted by molar-refractivity contribution is 6.30. The maximum atomic E-state index is 6.04. The van der Waals surface area contributed by atoms with E-state index in [0.717, 1.165) is 72.5 Å². The fourth-order valence-corrected chi connectivity index (χ4v) is 3.65. The molecule has 1 aliphatic heterocycles. The van der Waals surface area contributed by atoms with Crippen LogP contribution in [0.3, 0.4) is 0 Å². The first kappa shape index (κ1) is 20.8. The Kier molecular flexibility index (Phi) is 7.05. The first-order chi connectivity index (χ1) is 13.5. The maximum absolute atomic E-state index is 6.04. The Bertz CT molecular complexity index is 808. The molecule has 1 aromatic heterocycles. The summed E-state index contributed by atoms with van der Waals surface area (Å²) < 4.78 is 0. The van der Waals surface area contributed by atoms with Crippen LogP contribution in [0.5, 0.6) is 0 Å². The van der Waals surface area contributed by atoms with Gasteiger partial charge in [-0.15, -0.1) is 10.2 Å². The van der Waals surface area contributed by atoms with Crippen molar-refractivity contribution < 1.29 is 0 Å². The molecule has 0 atom stereocenters. The number of allylic oxidation sites excluding steroid dienone is 1. The van der Waals surface area contributed by atoms with Crippen molar-refractivity contribution in [1.29, 1.82) is 0 Å². The zero-order chi connectivity index (χ0) is 20.1. The number of likely N-dealkylation sites (N-methyl/N-ethyl adjacent to an activating group) is 1. The number of piperazine rings is 1. The fraction of sp³-hybridized carbons (Fsp3) is 0.455. The molecule has 5 nitrogen and oxygen atoms in total. The van der Waals surface area contributed by atoms with Crippen LogP contribution < -0.4 is 4.90 Å². The Labute approximate surface area is 173 Å². The number of hydrogen-bond donors (Lipinski definition) is 0. The lowest BCUT2D eigenvalue weighted by molar-refractivity contribution is 0.229. The molecule has 0 spiro atoms. The number of anilines is 1. The largest absolute Gasteiger partial charge is 0.352 e. The summed E-state index contributed by atoms with van der Waals surface area (Å²) in [6, 6.07) is 7.80. The second-order valence-electron chi connectivity index (χ2n) is 7.55. The minimum absolute atomic E-state index is 0.729. The quantitative estimate of drug-likeness (QED) is 0.737. The lowest BCUT2D eigenvalue weighted by Crippen LogP contribution is -2.48. The Morgan fingerprint density at radius 2 is 1.75 bits per heavy atom. The first-order valence-corrected chi connectivity index (χ1v) is 10.3. The zero-order valence-electron chi connectivity index (χ0n) is 17.3. The number of benzene rings is 1. The summed E-state index contributed by atoms with van der Waals surface area (Å²) >= 11 is 6.04. The molecule has 2 heterocycles. The van der Waals surface area contributed by atoms with Crippen molar-refractivity contribution in [3.8, 4) is 11.3 Å². The number of hydrogen-bond acceptors (Lipinski definition) is 5. The summed E-state index contributed by atoms with van der Waals surface area (Å²) in [5.41, 5.74) is 4.27. The van der Waals surface area contributed by atoms with Crippen LogP contribution in [0.25, 0.3) is 17.3 Å². The SMILES string of the molecule is C/C=C\c1c(N2CCN(CCN(C)C)CC2)nnc(-c2ccc(Cl)cc2)c1C. The van der Waals surface area contributed by atoms with Crippen molar-refractivity contribution in [2.24, 2.45) is 0 Å². The molecule has 0 aliphatic carbocycles. The minimum atomic E-state index is 0.729. The number of nitrogens with zero attached hydrogens (tertiary/aromatic N) is 5. The third-order valence-electron chi connectivity index (χ3n) is 5.23. The van der Waals surface area contributed by atoms with E-state index < -0.39 is 0 Å². The minimum Gasteiger partial charge on any atom is -0.352 e. The van der Waals surface area contributed by atoms with E-state index in [-0.39, 0.29) is 0 Å². The summed E-state index contributed by atoms with van der Waals surface area (Å²) in [6.45, 7) is 10.5. The second kappa shape index (κ2) is 9.50. The summed E-state index contributed by atoms with van der Waals surface area (Å²) in [6.07, 6.45) is 4.23. The molecule has 1 saturated heterocycles. The van der Waals surface area contributed by atoms with Gasteiger partial charge >= 0.3 is 0 Å². The standard InChI is InChI=1S/C22H30ClN5/c1-5-6-20-17(2)21(18-7-9-19(23)10-8-18)24-25-22(20)28-15-13-27(14-16-28)12-11-26(3)4/h5-10H,11-16H2,1-4H3/b6-5-. The molecule has 0 radical (unpaired) electrons. The molecule has 28 heavy (non-hydrogen) atoms. The van der Waals surface area contributed by atoms with Crippen LogP contribution >= 0.6 is 11.6 Å². The molecule has 2 aromatic rings. The fourth-order valence-electron chi connectivity index (χ4n) is 3.53. The van der Waals surface area contributed by atoms with Gasteiger partial charge in [-0.25, -0.2) is 0 Å². The normalized spacial score (nSPS) is 15.7. The average Bonchev–Trinajstić information content (AvgIpc) is 2.69. The molecular formula is C22H30ClN5. The van der Waals surface area contributed by atoms with E-state index in [4.69, 9.17) is 11.6 Å². The van der Waals surface area contributed by atoms with Gasteiger partial charge in [-0.1, -0.05) is 35.9 Å². The molecule has 1 aliphatic rings. The van der Waals surface area contributed by atoms with E-state index in [1.54, 1.807) is 0 Å². The molecule has 3 rings (SSSR count). The van der Waals surface area contributed by atoms with Gasteiger partial charge < -0.3 is 9.80 Å². The molecular weight excluding hydrogens is 370 g/mol. The van der Waals surface area contributed by atoms with E-state index in [1.165, 1.54) is 0 Å². The van der Waals surface area contributed by atoms with Crippen molar-refractivity contribution in [3.05, 3.63) is 46.5 Å². The number of halogens is 1. The lowest BCUT2D eigenvalue weighted by atomic mass is 10.0. The third kappa shape index (κ3) is 4.90. The second-order valence-corrected chi connectivity index (χ2v) is 7.99. The molecule has 0 unspecified atom stereocenters. The van der Waals surface area contributed by atoms with Gasteiger partial charge in [-0.05, 0) is 45.6 Å². The van der Waals surface area contributed by atoms with Crippen molar-refractivity contribution in [3.63, 3.8) is 0 Å². The Morgan fingerprint density at radius 3 is 2.36 bits per heavy atom. The van der Waals surface area contributed by atoms with Crippen LogP contribution in [0.1, 0.15) is 18.1 Å². The van der Waals surface area contributed by atoms with Gasteiger partial charge in [0.1, 0.15) is 0 Å². The number of aromatic nitrogens is 2. The monoisotopic (exact) mass is 399 g/mol. The topological polar surface area (TPSA) is 35.5 Å². The van der Waals surface area contributed by atoms with Gasteiger partial charge in [0.2, 0.25) is 0 Å². The molecule has 150 valence electrons. The molecule has 1 fully saturated rings. The first-order valence-electron chi connectivity index (χ1n) is 9.87. The van der Waals surface area contributed by atoms with E-state index >= 15 is 0 Å². The molecule has 0 bridgehead atoms.